The molecule has 1 amide bonds. The molecule has 1 saturated carbocycles. The molecule has 0 unspecified atom stereocenters. The van der Waals surface area contributed by atoms with Gasteiger partial charge < -0.3 is 14.8 Å². The summed E-state index contributed by atoms with van der Waals surface area (Å²) < 4.78 is 10.6. The van der Waals surface area contributed by atoms with Gasteiger partial charge in [-0.3, -0.25) is 4.79 Å². The highest BCUT2D eigenvalue weighted by atomic mass is 35.5. The van der Waals surface area contributed by atoms with Gasteiger partial charge in [-0.1, -0.05) is 17.7 Å². The monoisotopic (exact) mass is 345 g/mol. The van der Waals surface area contributed by atoms with Crippen LogP contribution in [0.4, 0.5) is 5.69 Å². The first-order valence-corrected chi connectivity index (χ1v) is 8.18. The van der Waals surface area contributed by atoms with Crippen LogP contribution in [-0.4, -0.2) is 20.1 Å². The summed E-state index contributed by atoms with van der Waals surface area (Å²) in [5.74, 6) is 1.29. The summed E-state index contributed by atoms with van der Waals surface area (Å²) in [6.45, 7) is 1.93. The minimum atomic E-state index is -0.494. The number of benzene rings is 2. The van der Waals surface area contributed by atoms with E-state index in [0.29, 0.717) is 16.5 Å². The summed E-state index contributed by atoms with van der Waals surface area (Å²) in [6, 6.07) is 11.1. The molecule has 2 aromatic rings. The number of hydrogen-bond acceptors (Lipinski definition) is 3. The molecule has 24 heavy (non-hydrogen) atoms. The van der Waals surface area contributed by atoms with Gasteiger partial charge in [-0.25, -0.2) is 0 Å². The van der Waals surface area contributed by atoms with Crippen LogP contribution in [0.15, 0.2) is 36.4 Å². The third-order valence-corrected chi connectivity index (χ3v) is 4.79. The van der Waals surface area contributed by atoms with Gasteiger partial charge in [-0.2, -0.15) is 0 Å². The zero-order valence-corrected chi connectivity index (χ0v) is 14.7. The first-order valence-electron chi connectivity index (χ1n) is 7.80. The fourth-order valence-corrected chi connectivity index (χ4v) is 3.14. The van der Waals surface area contributed by atoms with Crippen LogP contribution in [0.3, 0.4) is 0 Å². The standard InChI is InChI=1S/C19H20ClNO3/c1-12-10-14(20)5-6-15(12)21-18(22)19(8-9-19)13-4-7-16(23-2)17(11-13)24-3/h4-7,10-11H,8-9H2,1-3H3,(H,21,22). The van der Waals surface area contributed by atoms with E-state index in [-0.39, 0.29) is 5.91 Å². The Kier molecular flexibility index (Phi) is 4.41. The number of anilines is 1. The fourth-order valence-electron chi connectivity index (χ4n) is 2.92. The van der Waals surface area contributed by atoms with E-state index in [2.05, 4.69) is 5.32 Å². The van der Waals surface area contributed by atoms with E-state index in [0.717, 1.165) is 29.7 Å². The van der Waals surface area contributed by atoms with Crippen molar-refractivity contribution < 1.29 is 14.3 Å². The van der Waals surface area contributed by atoms with Crippen molar-refractivity contribution in [2.45, 2.75) is 25.2 Å². The Balaban J connectivity index is 1.86. The van der Waals surface area contributed by atoms with E-state index in [9.17, 15) is 4.79 Å². The van der Waals surface area contributed by atoms with Crippen LogP contribution in [0.25, 0.3) is 0 Å². The second-order valence-corrected chi connectivity index (χ2v) is 6.50. The van der Waals surface area contributed by atoms with Crippen molar-refractivity contribution in [1.82, 2.24) is 0 Å². The van der Waals surface area contributed by atoms with Gasteiger partial charge in [0.2, 0.25) is 5.91 Å². The number of rotatable bonds is 5. The van der Waals surface area contributed by atoms with E-state index >= 15 is 0 Å². The normalized spacial score (nSPS) is 14.8. The lowest BCUT2D eigenvalue weighted by atomic mass is 9.94. The van der Waals surface area contributed by atoms with E-state index in [1.165, 1.54) is 0 Å². The highest BCUT2D eigenvalue weighted by molar-refractivity contribution is 6.30. The minimum absolute atomic E-state index is 0.000132. The molecule has 1 aliphatic rings. The van der Waals surface area contributed by atoms with Crippen LogP contribution in [0.2, 0.25) is 5.02 Å². The second kappa shape index (κ2) is 6.36. The number of methoxy groups -OCH3 is 2. The smallest absolute Gasteiger partial charge is 0.235 e. The van der Waals surface area contributed by atoms with Crippen molar-refractivity contribution in [3.63, 3.8) is 0 Å². The molecule has 0 bridgehead atoms. The van der Waals surface area contributed by atoms with Crippen molar-refractivity contribution in [3.8, 4) is 11.5 Å². The Morgan fingerprint density at radius 2 is 1.79 bits per heavy atom. The number of amides is 1. The maximum Gasteiger partial charge on any atom is 0.235 e. The first-order chi connectivity index (χ1) is 11.5. The SMILES string of the molecule is COc1ccc(C2(C(=O)Nc3ccc(Cl)cc3C)CC2)cc1OC. The zero-order valence-electron chi connectivity index (χ0n) is 14.0. The van der Waals surface area contributed by atoms with Gasteiger partial charge in [-0.05, 0) is 61.2 Å². The Morgan fingerprint density at radius 1 is 1.08 bits per heavy atom. The van der Waals surface area contributed by atoms with Crippen molar-refractivity contribution in [3.05, 3.63) is 52.5 Å². The van der Waals surface area contributed by atoms with Crippen LogP contribution in [0.5, 0.6) is 11.5 Å². The molecule has 0 saturated heterocycles. The van der Waals surface area contributed by atoms with Crippen LogP contribution >= 0.6 is 11.6 Å². The number of ether oxygens (including phenoxy) is 2. The van der Waals surface area contributed by atoms with Gasteiger partial charge in [0.25, 0.3) is 0 Å². The van der Waals surface area contributed by atoms with Gasteiger partial charge >= 0.3 is 0 Å². The lowest BCUT2D eigenvalue weighted by Crippen LogP contribution is -2.28. The average molecular weight is 346 g/mol. The third kappa shape index (κ3) is 2.94. The Bertz CT molecular complexity index is 784. The summed E-state index contributed by atoms with van der Waals surface area (Å²) in [4.78, 5) is 12.9. The Morgan fingerprint density at radius 3 is 2.38 bits per heavy atom. The molecule has 0 spiro atoms. The molecular weight excluding hydrogens is 326 g/mol. The van der Waals surface area contributed by atoms with Gasteiger partial charge in [0.1, 0.15) is 0 Å². The number of hydrogen-bond donors (Lipinski definition) is 1. The van der Waals surface area contributed by atoms with E-state index in [4.69, 9.17) is 21.1 Å². The minimum Gasteiger partial charge on any atom is -0.493 e. The highest BCUT2D eigenvalue weighted by Crippen LogP contribution is 2.50. The summed E-state index contributed by atoms with van der Waals surface area (Å²) in [7, 11) is 3.19. The van der Waals surface area contributed by atoms with Gasteiger partial charge in [0, 0.05) is 10.7 Å². The molecule has 1 aliphatic carbocycles. The molecule has 2 aromatic carbocycles. The first kappa shape index (κ1) is 16.7. The molecule has 5 heteroatoms. The number of carbonyl (C=O) groups is 1. The van der Waals surface area contributed by atoms with Crippen LogP contribution in [0, 0.1) is 6.92 Å². The van der Waals surface area contributed by atoms with E-state index in [1.807, 2.05) is 37.3 Å². The summed E-state index contributed by atoms with van der Waals surface area (Å²) in [5, 5.41) is 3.69. The molecule has 0 aliphatic heterocycles. The van der Waals surface area contributed by atoms with Crippen LogP contribution in [-0.2, 0) is 10.2 Å². The second-order valence-electron chi connectivity index (χ2n) is 6.07. The molecular formula is C19H20ClNO3. The predicted molar refractivity (Wildman–Crippen MR) is 95.3 cm³/mol. The number of halogens is 1. The number of nitrogens with one attached hydrogen (secondary N) is 1. The molecule has 0 aromatic heterocycles. The van der Waals surface area contributed by atoms with E-state index < -0.39 is 5.41 Å². The maximum atomic E-state index is 12.9. The lowest BCUT2D eigenvalue weighted by Gasteiger charge is -2.18. The van der Waals surface area contributed by atoms with Crippen molar-refractivity contribution in [2.75, 3.05) is 19.5 Å². The Hall–Kier alpha value is -2.20. The fraction of sp³-hybridized carbons (Fsp3) is 0.316. The summed E-state index contributed by atoms with van der Waals surface area (Å²) in [6.07, 6.45) is 1.64. The van der Waals surface area contributed by atoms with Crippen molar-refractivity contribution in [2.24, 2.45) is 0 Å². The molecule has 0 heterocycles. The molecule has 126 valence electrons. The van der Waals surface area contributed by atoms with Crippen molar-refractivity contribution in [1.29, 1.82) is 0 Å². The lowest BCUT2D eigenvalue weighted by molar-refractivity contribution is -0.118. The summed E-state index contributed by atoms with van der Waals surface area (Å²) >= 11 is 5.98. The predicted octanol–water partition coefficient (Wildman–Crippen LogP) is 4.34. The van der Waals surface area contributed by atoms with Crippen LogP contribution < -0.4 is 14.8 Å². The Labute approximate surface area is 146 Å². The quantitative estimate of drug-likeness (QED) is 0.877. The van der Waals surface area contributed by atoms with Crippen molar-refractivity contribution >= 4 is 23.2 Å². The van der Waals surface area contributed by atoms with Gasteiger partial charge in [-0.15, -0.1) is 0 Å². The van der Waals surface area contributed by atoms with Crippen LogP contribution in [0.1, 0.15) is 24.0 Å². The molecule has 1 fully saturated rings. The average Bonchev–Trinajstić information content (AvgIpc) is 3.38. The maximum absolute atomic E-state index is 12.9. The summed E-state index contributed by atoms with van der Waals surface area (Å²) in [5.41, 5.74) is 2.19. The molecule has 4 nitrogen and oxygen atoms in total. The number of aryl methyl sites for hydroxylation is 1. The topological polar surface area (TPSA) is 47.6 Å². The van der Waals surface area contributed by atoms with E-state index in [1.54, 1.807) is 20.3 Å². The highest BCUT2D eigenvalue weighted by Gasteiger charge is 2.51. The molecule has 1 N–H and O–H groups in total. The number of carbonyl (C=O) groups excluding carboxylic acids is 1. The molecule has 3 rings (SSSR count). The van der Waals surface area contributed by atoms with Gasteiger partial charge in [0.05, 0.1) is 19.6 Å². The molecule has 0 atom stereocenters. The zero-order chi connectivity index (χ0) is 17.3. The van der Waals surface area contributed by atoms with Gasteiger partial charge in [0.15, 0.2) is 11.5 Å². The molecule has 0 radical (unpaired) electrons. The third-order valence-electron chi connectivity index (χ3n) is 4.56. The largest absolute Gasteiger partial charge is 0.493 e.